The molecular formula is C13H13N5O. The summed E-state index contributed by atoms with van der Waals surface area (Å²) in [5, 5.41) is 19.3. The van der Waals surface area contributed by atoms with Gasteiger partial charge < -0.3 is 5.32 Å². The number of nitrogens with zero attached hydrogens (tertiary/aromatic N) is 4. The van der Waals surface area contributed by atoms with Gasteiger partial charge in [0.1, 0.15) is 6.07 Å². The van der Waals surface area contributed by atoms with Crippen LogP contribution in [0.1, 0.15) is 24.6 Å². The number of nitriles is 1. The Labute approximate surface area is 110 Å². The molecule has 1 N–H and O–H groups in total. The largest absolute Gasteiger partial charge is 0.308 e. The summed E-state index contributed by atoms with van der Waals surface area (Å²) in [6, 6.07) is 11.6. The van der Waals surface area contributed by atoms with E-state index in [2.05, 4.69) is 15.6 Å². The standard InChI is InChI=1S/C13H13N5O/c1-2-12(19)15-13-11(8-14)16-17-18(13)9-10-6-4-3-5-7-10/h3-7H,2,9H2,1H3,(H,15,19). The lowest BCUT2D eigenvalue weighted by molar-refractivity contribution is -0.115. The number of anilines is 1. The summed E-state index contributed by atoms with van der Waals surface area (Å²) in [5.74, 6) is 0.173. The molecule has 0 radical (unpaired) electrons. The van der Waals surface area contributed by atoms with E-state index < -0.39 is 0 Å². The predicted molar refractivity (Wildman–Crippen MR) is 69.2 cm³/mol. The van der Waals surface area contributed by atoms with Crippen molar-refractivity contribution < 1.29 is 4.79 Å². The summed E-state index contributed by atoms with van der Waals surface area (Å²) in [4.78, 5) is 11.5. The normalized spacial score (nSPS) is 9.89. The van der Waals surface area contributed by atoms with E-state index in [0.717, 1.165) is 5.56 Å². The molecule has 6 heteroatoms. The third-order valence-corrected chi connectivity index (χ3v) is 2.60. The Morgan fingerprint density at radius 1 is 1.42 bits per heavy atom. The van der Waals surface area contributed by atoms with Crippen LogP contribution in [0.2, 0.25) is 0 Å². The lowest BCUT2D eigenvalue weighted by Crippen LogP contribution is -2.15. The van der Waals surface area contributed by atoms with Gasteiger partial charge in [-0.15, -0.1) is 5.10 Å². The minimum atomic E-state index is -0.173. The second kappa shape index (κ2) is 5.78. The molecule has 0 saturated heterocycles. The fraction of sp³-hybridized carbons (Fsp3) is 0.231. The van der Waals surface area contributed by atoms with Crippen molar-refractivity contribution in [3.8, 4) is 6.07 Å². The Balaban J connectivity index is 2.28. The number of carbonyl (C=O) groups excluding carboxylic acids is 1. The molecule has 0 spiro atoms. The zero-order chi connectivity index (χ0) is 13.7. The highest BCUT2D eigenvalue weighted by atomic mass is 16.1. The van der Waals surface area contributed by atoms with Crippen LogP contribution in [0.25, 0.3) is 0 Å². The number of rotatable bonds is 4. The molecule has 6 nitrogen and oxygen atoms in total. The van der Waals surface area contributed by atoms with Gasteiger partial charge in [0.2, 0.25) is 11.6 Å². The number of carbonyl (C=O) groups is 1. The topological polar surface area (TPSA) is 83.6 Å². The molecule has 0 aliphatic heterocycles. The number of aromatic nitrogens is 3. The summed E-state index contributed by atoms with van der Waals surface area (Å²) in [5.41, 5.74) is 1.14. The second-order valence-electron chi connectivity index (χ2n) is 3.94. The first-order chi connectivity index (χ1) is 9.24. The first-order valence-corrected chi connectivity index (χ1v) is 5.92. The molecule has 2 rings (SSSR count). The fourth-order valence-corrected chi connectivity index (χ4v) is 1.60. The maximum atomic E-state index is 11.5. The number of hydrogen-bond donors (Lipinski definition) is 1. The van der Waals surface area contributed by atoms with Crippen LogP contribution in [0.15, 0.2) is 30.3 Å². The number of benzene rings is 1. The summed E-state index contributed by atoms with van der Waals surface area (Å²) in [6.07, 6.45) is 0.335. The average Bonchev–Trinajstić information content (AvgIpc) is 2.82. The van der Waals surface area contributed by atoms with Gasteiger partial charge in [0.05, 0.1) is 6.54 Å². The van der Waals surface area contributed by atoms with Crippen molar-refractivity contribution >= 4 is 11.7 Å². The van der Waals surface area contributed by atoms with Gasteiger partial charge in [-0.25, -0.2) is 4.68 Å². The van der Waals surface area contributed by atoms with Crippen molar-refractivity contribution in [1.29, 1.82) is 5.26 Å². The zero-order valence-electron chi connectivity index (χ0n) is 10.5. The van der Waals surface area contributed by atoms with Gasteiger partial charge in [0, 0.05) is 6.42 Å². The Morgan fingerprint density at radius 2 is 2.16 bits per heavy atom. The van der Waals surface area contributed by atoms with Crippen LogP contribution in [0.5, 0.6) is 0 Å². The van der Waals surface area contributed by atoms with E-state index in [1.165, 1.54) is 4.68 Å². The van der Waals surface area contributed by atoms with Crippen molar-refractivity contribution in [2.45, 2.75) is 19.9 Å². The van der Waals surface area contributed by atoms with Crippen molar-refractivity contribution in [3.05, 3.63) is 41.6 Å². The van der Waals surface area contributed by atoms with Gasteiger partial charge in [0.15, 0.2) is 5.82 Å². The lowest BCUT2D eigenvalue weighted by atomic mass is 10.2. The van der Waals surface area contributed by atoms with Crippen LogP contribution in [-0.2, 0) is 11.3 Å². The van der Waals surface area contributed by atoms with Crippen LogP contribution in [0.4, 0.5) is 5.82 Å². The van der Waals surface area contributed by atoms with Crippen LogP contribution in [-0.4, -0.2) is 20.9 Å². The maximum absolute atomic E-state index is 11.5. The molecule has 1 aromatic carbocycles. The molecule has 19 heavy (non-hydrogen) atoms. The Bertz CT molecular complexity index is 612. The molecule has 2 aromatic rings. The van der Waals surface area contributed by atoms with Crippen molar-refractivity contribution in [3.63, 3.8) is 0 Å². The third kappa shape index (κ3) is 2.96. The second-order valence-corrected chi connectivity index (χ2v) is 3.94. The van der Waals surface area contributed by atoms with Crippen LogP contribution in [0, 0.1) is 11.3 Å². The van der Waals surface area contributed by atoms with Crippen molar-refractivity contribution in [1.82, 2.24) is 15.0 Å². The highest BCUT2D eigenvalue weighted by molar-refractivity contribution is 5.90. The summed E-state index contributed by atoms with van der Waals surface area (Å²) in [7, 11) is 0. The fourth-order valence-electron chi connectivity index (χ4n) is 1.60. The van der Waals surface area contributed by atoms with Crippen molar-refractivity contribution in [2.75, 3.05) is 5.32 Å². The highest BCUT2D eigenvalue weighted by Gasteiger charge is 2.14. The van der Waals surface area contributed by atoms with E-state index in [4.69, 9.17) is 5.26 Å². The predicted octanol–water partition coefficient (Wildman–Crippen LogP) is 1.55. The smallest absolute Gasteiger partial charge is 0.225 e. The molecule has 1 amide bonds. The van der Waals surface area contributed by atoms with E-state index in [1.54, 1.807) is 6.92 Å². The van der Waals surface area contributed by atoms with Gasteiger partial charge in [-0.3, -0.25) is 4.79 Å². The van der Waals surface area contributed by atoms with E-state index in [1.807, 2.05) is 36.4 Å². The average molecular weight is 255 g/mol. The van der Waals surface area contributed by atoms with Crippen molar-refractivity contribution in [2.24, 2.45) is 0 Å². The van der Waals surface area contributed by atoms with Gasteiger partial charge in [0.25, 0.3) is 0 Å². The molecule has 0 bridgehead atoms. The SMILES string of the molecule is CCC(=O)Nc1c(C#N)nnn1Cc1ccccc1. The molecule has 0 aliphatic rings. The molecule has 0 fully saturated rings. The molecule has 0 atom stereocenters. The summed E-state index contributed by atoms with van der Waals surface area (Å²) < 4.78 is 1.52. The van der Waals surface area contributed by atoms with Crippen LogP contribution >= 0.6 is 0 Å². The minimum Gasteiger partial charge on any atom is -0.308 e. The highest BCUT2D eigenvalue weighted by Crippen LogP contribution is 2.14. The van der Waals surface area contributed by atoms with Crippen LogP contribution in [0.3, 0.4) is 0 Å². The van der Waals surface area contributed by atoms with Gasteiger partial charge in [-0.2, -0.15) is 5.26 Å². The minimum absolute atomic E-state index is 0.123. The Hall–Kier alpha value is -2.68. The van der Waals surface area contributed by atoms with E-state index in [0.29, 0.717) is 18.8 Å². The molecular weight excluding hydrogens is 242 g/mol. The summed E-state index contributed by atoms with van der Waals surface area (Å²) in [6.45, 7) is 2.20. The summed E-state index contributed by atoms with van der Waals surface area (Å²) >= 11 is 0. The first-order valence-electron chi connectivity index (χ1n) is 5.92. The molecule has 0 saturated carbocycles. The Kier molecular flexibility index (Phi) is 3.88. The van der Waals surface area contributed by atoms with Gasteiger partial charge in [-0.1, -0.05) is 42.5 Å². The number of hydrogen-bond acceptors (Lipinski definition) is 4. The molecule has 1 aromatic heterocycles. The zero-order valence-corrected chi connectivity index (χ0v) is 10.5. The Morgan fingerprint density at radius 3 is 2.79 bits per heavy atom. The van der Waals surface area contributed by atoms with Crippen LogP contribution < -0.4 is 5.32 Å². The van der Waals surface area contributed by atoms with E-state index in [-0.39, 0.29) is 11.6 Å². The van der Waals surface area contributed by atoms with E-state index in [9.17, 15) is 4.79 Å². The molecule has 1 heterocycles. The number of nitrogens with one attached hydrogen (secondary N) is 1. The number of amides is 1. The quantitative estimate of drug-likeness (QED) is 0.898. The first kappa shape index (κ1) is 12.8. The molecule has 0 aliphatic carbocycles. The third-order valence-electron chi connectivity index (χ3n) is 2.60. The lowest BCUT2D eigenvalue weighted by Gasteiger charge is -2.07. The van der Waals surface area contributed by atoms with E-state index >= 15 is 0 Å². The van der Waals surface area contributed by atoms with Gasteiger partial charge >= 0.3 is 0 Å². The monoisotopic (exact) mass is 255 g/mol. The van der Waals surface area contributed by atoms with Gasteiger partial charge in [-0.05, 0) is 5.56 Å². The molecule has 96 valence electrons. The maximum Gasteiger partial charge on any atom is 0.225 e. The molecule has 0 unspecified atom stereocenters.